The number of pyridine rings is 1. The Morgan fingerprint density at radius 2 is 2.11 bits per heavy atom. The predicted molar refractivity (Wildman–Crippen MR) is 137 cm³/mol. The molecule has 38 heavy (non-hydrogen) atoms. The maximum atomic E-state index is 14.6. The van der Waals surface area contributed by atoms with Crippen LogP contribution in [-0.4, -0.2) is 60.4 Å². The van der Waals surface area contributed by atoms with Crippen LogP contribution in [-0.2, 0) is 28.3 Å². The first-order chi connectivity index (χ1) is 18.2. The molecule has 3 heterocycles. The van der Waals surface area contributed by atoms with Crippen molar-refractivity contribution in [3.63, 3.8) is 0 Å². The maximum Gasteiger partial charge on any atom is 0.325 e. The minimum Gasteiger partial charge on any atom is -0.493 e. The number of carboxylic acids is 1. The van der Waals surface area contributed by atoms with Gasteiger partial charge in [-0.25, -0.2) is 18.2 Å². The first-order valence-corrected chi connectivity index (χ1v) is 13.2. The van der Waals surface area contributed by atoms with E-state index in [1.54, 1.807) is 4.90 Å². The Hall–Kier alpha value is -2.85. The van der Waals surface area contributed by atoms with Gasteiger partial charge in [0.15, 0.2) is 11.6 Å². The molecule has 0 radical (unpaired) electrons. The number of aryl methyl sites for hydroxylation is 2. The number of ether oxygens (including phenoxy) is 2. The van der Waals surface area contributed by atoms with Crippen molar-refractivity contribution in [2.75, 3.05) is 38.7 Å². The van der Waals surface area contributed by atoms with Gasteiger partial charge in [-0.15, -0.1) is 0 Å². The van der Waals surface area contributed by atoms with Gasteiger partial charge in [0.2, 0.25) is 0 Å². The Bertz CT molecular complexity index is 1130. The van der Waals surface area contributed by atoms with Crippen molar-refractivity contribution in [2.24, 2.45) is 0 Å². The summed E-state index contributed by atoms with van der Waals surface area (Å²) in [5, 5.41) is 13.3. The summed E-state index contributed by atoms with van der Waals surface area (Å²) in [4.78, 5) is 18.6. The van der Waals surface area contributed by atoms with E-state index in [1.165, 1.54) is 12.7 Å². The molecule has 4 rings (SSSR count). The first kappa shape index (κ1) is 28.2. The maximum absolute atomic E-state index is 14.6. The largest absolute Gasteiger partial charge is 0.493 e. The second-order valence-electron chi connectivity index (χ2n) is 10.1. The third-order valence-electron chi connectivity index (χ3n) is 7.24. The van der Waals surface area contributed by atoms with Gasteiger partial charge in [0.25, 0.3) is 5.92 Å². The Morgan fingerprint density at radius 3 is 2.84 bits per heavy atom. The molecule has 10 heteroatoms. The monoisotopic (exact) mass is 535 g/mol. The quantitative estimate of drug-likeness (QED) is 0.356. The van der Waals surface area contributed by atoms with Crippen molar-refractivity contribution in [2.45, 2.75) is 69.9 Å². The molecule has 1 unspecified atom stereocenters. The minimum absolute atomic E-state index is 0.122. The average molecular weight is 536 g/mol. The number of rotatable bonds is 12. The van der Waals surface area contributed by atoms with E-state index in [4.69, 9.17) is 14.5 Å². The Kier molecular flexibility index (Phi) is 9.15. The van der Waals surface area contributed by atoms with Gasteiger partial charge in [-0.05, 0) is 62.3 Å². The van der Waals surface area contributed by atoms with E-state index in [1.807, 2.05) is 0 Å². The van der Waals surface area contributed by atoms with Crippen LogP contribution in [0.2, 0.25) is 0 Å². The molecule has 0 saturated carbocycles. The van der Waals surface area contributed by atoms with Crippen molar-refractivity contribution in [3.8, 4) is 5.75 Å². The molecule has 2 N–H and O–H groups in total. The number of fused-ring (bicyclic) bond motifs is 1. The molecule has 0 amide bonds. The number of hydrogen-bond donors (Lipinski definition) is 2. The summed E-state index contributed by atoms with van der Waals surface area (Å²) >= 11 is 0. The third-order valence-corrected chi connectivity index (χ3v) is 7.24. The average Bonchev–Trinajstić information content (AvgIpc) is 3.33. The van der Waals surface area contributed by atoms with Crippen molar-refractivity contribution < 1.29 is 32.5 Å². The van der Waals surface area contributed by atoms with Crippen molar-refractivity contribution in [3.05, 3.63) is 52.5 Å². The number of hydrogen-bond acceptors (Lipinski definition) is 6. The number of anilines is 1. The van der Waals surface area contributed by atoms with Crippen LogP contribution in [0.5, 0.6) is 5.75 Å². The summed E-state index contributed by atoms with van der Waals surface area (Å²) in [5.41, 5.74) is 1.65. The zero-order valence-electron chi connectivity index (χ0n) is 21.9. The number of methoxy groups -OCH3 is 1. The van der Waals surface area contributed by atoms with Crippen LogP contribution in [0.3, 0.4) is 0 Å². The van der Waals surface area contributed by atoms with Gasteiger partial charge in [0.05, 0.1) is 13.2 Å². The highest BCUT2D eigenvalue weighted by atomic mass is 19.3. The van der Waals surface area contributed by atoms with Crippen molar-refractivity contribution in [1.29, 1.82) is 0 Å². The molecule has 0 aliphatic carbocycles. The molecule has 0 bridgehead atoms. The highest BCUT2D eigenvalue weighted by Crippen LogP contribution is 2.39. The predicted octanol–water partition coefficient (Wildman–Crippen LogP) is 5.33. The van der Waals surface area contributed by atoms with Crippen molar-refractivity contribution in [1.82, 2.24) is 9.88 Å². The van der Waals surface area contributed by atoms with Crippen LogP contribution in [0.1, 0.15) is 67.5 Å². The summed E-state index contributed by atoms with van der Waals surface area (Å²) < 4.78 is 53.6. The lowest BCUT2D eigenvalue weighted by Gasteiger charge is -2.27. The lowest BCUT2D eigenvalue weighted by atomic mass is 9.98. The SMILES string of the molecule is COc1c(F)cc(C(C)(F)F)cc1C(C(=O)O)N1CC[C@@H](OCCCCCc2ccc3c(n2)NCCC3)C1. The summed E-state index contributed by atoms with van der Waals surface area (Å²) in [7, 11) is 1.19. The normalized spacial score (nSPS) is 18.6. The summed E-state index contributed by atoms with van der Waals surface area (Å²) in [6.07, 6.45) is 6.38. The number of carbonyl (C=O) groups is 1. The van der Waals surface area contributed by atoms with E-state index in [0.29, 0.717) is 39.1 Å². The standard InChI is InChI=1S/C28H36F3N3O4/c1-28(30,31)19-15-22(25(37-2)23(29)16-19)24(27(35)36)34-13-11-21(17-34)38-14-5-3-4-8-20-10-9-18-7-6-12-32-26(18)33-20/h9-10,15-16,21,24H,3-8,11-14,17H2,1-2H3,(H,32,33)(H,35,36)/t21-,24?/m1/s1. The van der Waals surface area contributed by atoms with Gasteiger partial charge in [-0.1, -0.05) is 12.5 Å². The fourth-order valence-corrected chi connectivity index (χ4v) is 5.24. The molecule has 2 aromatic rings. The van der Waals surface area contributed by atoms with Crippen LogP contribution < -0.4 is 10.1 Å². The molecule has 7 nitrogen and oxygen atoms in total. The number of carboxylic acid groups (broad SMARTS) is 1. The molecular weight excluding hydrogens is 499 g/mol. The van der Waals surface area contributed by atoms with E-state index in [9.17, 15) is 23.1 Å². The van der Waals surface area contributed by atoms with Crippen molar-refractivity contribution >= 4 is 11.8 Å². The van der Waals surface area contributed by atoms with Crippen LogP contribution >= 0.6 is 0 Å². The van der Waals surface area contributed by atoms with E-state index < -0.39 is 29.3 Å². The van der Waals surface area contributed by atoms with E-state index in [0.717, 1.165) is 62.6 Å². The van der Waals surface area contributed by atoms with E-state index in [-0.39, 0.29) is 17.4 Å². The molecule has 1 aromatic carbocycles. The first-order valence-electron chi connectivity index (χ1n) is 13.2. The number of aromatic nitrogens is 1. The molecule has 2 atom stereocenters. The molecule has 2 aliphatic rings. The van der Waals surface area contributed by atoms with Gasteiger partial charge in [-0.2, -0.15) is 0 Å². The highest BCUT2D eigenvalue weighted by Gasteiger charge is 2.38. The van der Waals surface area contributed by atoms with Crippen LogP contribution in [0.15, 0.2) is 24.3 Å². The van der Waals surface area contributed by atoms with Crippen LogP contribution in [0, 0.1) is 5.82 Å². The van der Waals surface area contributed by atoms with Gasteiger partial charge >= 0.3 is 5.97 Å². The number of benzene rings is 1. The summed E-state index contributed by atoms with van der Waals surface area (Å²) in [5.74, 6) is -4.92. The Balaban J connectivity index is 1.27. The van der Waals surface area contributed by atoms with Gasteiger partial charge < -0.3 is 19.9 Å². The number of alkyl halides is 2. The van der Waals surface area contributed by atoms with E-state index >= 15 is 0 Å². The minimum atomic E-state index is -3.32. The number of likely N-dealkylation sites (tertiary alicyclic amines) is 1. The van der Waals surface area contributed by atoms with Gasteiger partial charge in [0.1, 0.15) is 11.9 Å². The molecule has 0 spiro atoms. The van der Waals surface area contributed by atoms with E-state index in [2.05, 4.69) is 17.4 Å². The smallest absolute Gasteiger partial charge is 0.325 e. The summed E-state index contributed by atoms with van der Waals surface area (Å²) in [6, 6.07) is 4.66. The third kappa shape index (κ3) is 6.77. The molecule has 1 fully saturated rings. The van der Waals surface area contributed by atoms with Gasteiger partial charge in [0, 0.05) is 50.0 Å². The van der Waals surface area contributed by atoms with Crippen LogP contribution in [0.4, 0.5) is 19.0 Å². The Labute approximate surface area is 221 Å². The summed E-state index contributed by atoms with van der Waals surface area (Å²) in [6.45, 7) is 2.86. The second kappa shape index (κ2) is 12.3. The van der Waals surface area contributed by atoms with Gasteiger partial charge in [-0.3, -0.25) is 9.69 Å². The molecule has 1 saturated heterocycles. The topological polar surface area (TPSA) is 83.9 Å². The number of aliphatic carboxylic acids is 1. The second-order valence-corrected chi connectivity index (χ2v) is 10.1. The highest BCUT2D eigenvalue weighted by molar-refractivity contribution is 5.77. The molecular formula is C28H36F3N3O4. The Morgan fingerprint density at radius 1 is 1.29 bits per heavy atom. The number of halogens is 3. The fraction of sp³-hybridized carbons (Fsp3) is 0.571. The lowest BCUT2D eigenvalue weighted by Crippen LogP contribution is -2.34. The molecule has 208 valence electrons. The number of unbranched alkanes of at least 4 members (excludes halogenated alkanes) is 2. The number of nitrogens with zero attached hydrogens (tertiary/aromatic N) is 2. The molecule has 1 aromatic heterocycles. The zero-order chi connectivity index (χ0) is 27.3. The number of nitrogens with one attached hydrogen (secondary N) is 1. The fourth-order valence-electron chi connectivity index (χ4n) is 5.24. The lowest BCUT2D eigenvalue weighted by molar-refractivity contribution is -0.143. The zero-order valence-corrected chi connectivity index (χ0v) is 21.9. The van der Waals surface area contributed by atoms with Crippen LogP contribution in [0.25, 0.3) is 0 Å². The molecule has 2 aliphatic heterocycles.